The van der Waals surface area contributed by atoms with E-state index in [9.17, 15) is 14.4 Å². The van der Waals surface area contributed by atoms with E-state index in [2.05, 4.69) is 5.32 Å². The predicted octanol–water partition coefficient (Wildman–Crippen LogP) is 1.85. The van der Waals surface area contributed by atoms with Gasteiger partial charge in [-0.25, -0.2) is 4.79 Å². The number of aliphatic carboxylic acids is 1. The topological polar surface area (TPSA) is 86.7 Å². The first-order valence-corrected chi connectivity index (χ1v) is 7.57. The molecule has 118 valence electrons. The van der Waals surface area contributed by atoms with Gasteiger partial charge in [0.2, 0.25) is 5.91 Å². The number of carbonyl (C=O) groups excluding carboxylic acids is 2. The largest absolute Gasteiger partial charge is 0.481 e. The highest BCUT2D eigenvalue weighted by Crippen LogP contribution is 2.37. The number of carbonyl (C=O) groups is 3. The molecule has 6 nitrogen and oxygen atoms in total. The Morgan fingerprint density at radius 3 is 2.24 bits per heavy atom. The number of carboxylic acid groups (broad SMARTS) is 1. The fraction of sp³-hybridized carbons (Fsp3) is 0.800. The van der Waals surface area contributed by atoms with Crippen LogP contribution >= 0.6 is 0 Å². The molecule has 0 bridgehead atoms. The van der Waals surface area contributed by atoms with Crippen LogP contribution in [0.3, 0.4) is 0 Å². The molecule has 0 aromatic rings. The summed E-state index contributed by atoms with van der Waals surface area (Å²) >= 11 is 0. The van der Waals surface area contributed by atoms with Gasteiger partial charge in [-0.1, -0.05) is 20.3 Å². The third kappa shape index (κ3) is 4.19. The van der Waals surface area contributed by atoms with Gasteiger partial charge in [-0.3, -0.25) is 14.9 Å². The second-order valence-electron chi connectivity index (χ2n) is 7.12. The summed E-state index contributed by atoms with van der Waals surface area (Å²) < 4.78 is 0. The zero-order valence-electron chi connectivity index (χ0n) is 12.7. The van der Waals surface area contributed by atoms with Gasteiger partial charge in [0.05, 0.1) is 6.42 Å². The summed E-state index contributed by atoms with van der Waals surface area (Å²) in [6, 6.07) is -0.333. The van der Waals surface area contributed by atoms with Gasteiger partial charge in [-0.05, 0) is 30.1 Å². The van der Waals surface area contributed by atoms with Gasteiger partial charge in [0.25, 0.3) is 0 Å². The van der Waals surface area contributed by atoms with E-state index in [0.717, 1.165) is 13.1 Å². The number of carboxylic acids is 1. The molecular formula is C15H24N2O4. The Labute approximate surface area is 124 Å². The minimum Gasteiger partial charge on any atom is -0.481 e. The summed E-state index contributed by atoms with van der Waals surface area (Å²) in [5.74, 6) is -0.154. The fourth-order valence-electron chi connectivity index (χ4n) is 3.55. The van der Waals surface area contributed by atoms with Gasteiger partial charge in [-0.15, -0.1) is 0 Å². The fourth-order valence-corrected chi connectivity index (χ4v) is 3.55. The number of likely N-dealkylation sites (tertiary alicyclic amines) is 1. The third-order valence-corrected chi connectivity index (χ3v) is 4.53. The minimum atomic E-state index is -0.938. The summed E-state index contributed by atoms with van der Waals surface area (Å²) in [5, 5.41) is 11.2. The first-order valence-electron chi connectivity index (χ1n) is 7.57. The number of rotatable bonds is 4. The summed E-state index contributed by atoms with van der Waals surface area (Å²) in [6.07, 6.45) is 3.53. The van der Waals surface area contributed by atoms with Crippen molar-refractivity contribution in [1.82, 2.24) is 10.2 Å². The van der Waals surface area contributed by atoms with Crippen LogP contribution < -0.4 is 5.32 Å². The van der Waals surface area contributed by atoms with Crippen molar-refractivity contribution in [2.24, 2.45) is 17.3 Å². The lowest BCUT2D eigenvalue weighted by atomic mass is 9.85. The molecule has 1 aliphatic carbocycles. The Morgan fingerprint density at radius 2 is 1.71 bits per heavy atom. The van der Waals surface area contributed by atoms with E-state index in [1.807, 2.05) is 0 Å². The third-order valence-electron chi connectivity index (χ3n) is 4.53. The van der Waals surface area contributed by atoms with E-state index < -0.39 is 17.3 Å². The molecule has 0 aromatic carbocycles. The van der Waals surface area contributed by atoms with Crippen molar-refractivity contribution in [3.63, 3.8) is 0 Å². The van der Waals surface area contributed by atoms with Gasteiger partial charge >= 0.3 is 12.0 Å². The Kier molecular flexibility index (Phi) is 4.54. The average Bonchev–Trinajstić information content (AvgIpc) is 2.84. The quantitative estimate of drug-likeness (QED) is 0.829. The normalized spacial score (nSPS) is 24.8. The van der Waals surface area contributed by atoms with Crippen LogP contribution in [-0.4, -0.2) is 41.0 Å². The van der Waals surface area contributed by atoms with Gasteiger partial charge in [0.15, 0.2) is 0 Å². The standard InChI is InChI=1S/C15H24N2O4/c1-15(2,7-13(19)20)6-12(18)16-14(21)17-8-10-4-3-5-11(10)9-17/h10-11H,3-9H2,1-2H3,(H,19,20)(H,16,18,21). The van der Waals surface area contributed by atoms with E-state index in [1.54, 1.807) is 18.7 Å². The van der Waals surface area contributed by atoms with Crippen LogP contribution in [0.5, 0.6) is 0 Å². The SMILES string of the molecule is CC(C)(CC(=O)O)CC(=O)NC(=O)N1CC2CCCC2C1. The number of urea groups is 1. The van der Waals surface area contributed by atoms with Crippen molar-refractivity contribution in [3.05, 3.63) is 0 Å². The van der Waals surface area contributed by atoms with Crippen molar-refractivity contribution in [2.75, 3.05) is 13.1 Å². The lowest BCUT2D eigenvalue weighted by Gasteiger charge is -2.23. The Balaban J connectivity index is 1.80. The monoisotopic (exact) mass is 296 g/mol. The van der Waals surface area contributed by atoms with Crippen LogP contribution in [0, 0.1) is 17.3 Å². The maximum atomic E-state index is 12.1. The van der Waals surface area contributed by atoms with Crippen LogP contribution in [0.25, 0.3) is 0 Å². The van der Waals surface area contributed by atoms with E-state index in [1.165, 1.54) is 19.3 Å². The van der Waals surface area contributed by atoms with E-state index in [-0.39, 0.29) is 18.9 Å². The summed E-state index contributed by atoms with van der Waals surface area (Å²) in [7, 11) is 0. The number of nitrogens with one attached hydrogen (secondary N) is 1. The van der Waals surface area contributed by atoms with Crippen LogP contribution in [0.1, 0.15) is 46.0 Å². The second kappa shape index (κ2) is 6.03. The van der Waals surface area contributed by atoms with Crippen molar-refractivity contribution < 1.29 is 19.5 Å². The van der Waals surface area contributed by atoms with E-state index in [0.29, 0.717) is 11.8 Å². The molecular weight excluding hydrogens is 272 g/mol. The molecule has 1 heterocycles. The molecule has 1 saturated carbocycles. The molecule has 2 fully saturated rings. The van der Waals surface area contributed by atoms with Gasteiger partial charge < -0.3 is 10.0 Å². The smallest absolute Gasteiger partial charge is 0.324 e. The second-order valence-corrected chi connectivity index (χ2v) is 7.12. The van der Waals surface area contributed by atoms with Gasteiger partial charge in [-0.2, -0.15) is 0 Å². The summed E-state index contributed by atoms with van der Waals surface area (Å²) in [6.45, 7) is 4.90. The molecule has 1 saturated heterocycles. The number of imide groups is 1. The predicted molar refractivity (Wildman–Crippen MR) is 76.6 cm³/mol. The van der Waals surface area contributed by atoms with Crippen molar-refractivity contribution >= 4 is 17.9 Å². The number of hydrogen-bond acceptors (Lipinski definition) is 3. The first kappa shape index (κ1) is 15.8. The van der Waals surface area contributed by atoms with Gasteiger partial charge in [0.1, 0.15) is 0 Å². The maximum Gasteiger partial charge on any atom is 0.324 e. The first-order chi connectivity index (χ1) is 9.77. The Hall–Kier alpha value is -1.59. The Morgan fingerprint density at radius 1 is 1.14 bits per heavy atom. The van der Waals surface area contributed by atoms with Crippen molar-refractivity contribution in [1.29, 1.82) is 0 Å². The van der Waals surface area contributed by atoms with Crippen LogP contribution in [-0.2, 0) is 9.59 Å². The van der Waals surface area contributed by atoms with Crippen molar-refractivity contribution in [3.8, 4) is 0 Å². The van der Waals surface area contributed by atoms with Crippen LogP contribution in [0.2, 0.25) is 0 Å². The summed E-state index contributed by atoms with van der Waals surface area (Å²) in [4.78, 5) is 36.4. The van der Waals surface area contributed by atoms with E-state index >= 15 is 0 Å². The highest BCUT2D eigenvalue weighted by Gasteiger charge is 2.38. The molecule has 2 atom stereocenters. The Bertz CT molecular complexity index is 435. The lowest BCUT2D eigenvalue weighted by molar-refractivity contribution is -0.139. The average molecular weight is 296 g/mol. The van der Waals surface area contributed by atoms with Crippen LogP contribution in [0.4, 0.5) is 4.79 Å². The molecule has 2 rings (SSSR count). The highest BCUT2D eigenvalue weighted by atomic mass is 16.4. The molecule has 0 radical (unpaired) electrons. The zero-order valence-corrected chi connectivity index (χ0v) is 12.7. The lowest BCUT2D eigenvalue weighted by Crippen LogP contribution is -2.43. The molecule has 0 aromatic heterocycles. The molecule has 6 heteroatoms. The van der Waals surface area contributed by atoms with E-state index in [4.69, 9.17) is 5.11 Å². The number of nitrogens with zero attached hydrogens (tertiary/aromatic N) is 1. The van der Waals surface area contributed by atoms with Crippen molar-refractivity contribution in [2.45, 2.75) is 46.0 Å². The molecule has 2 N–H and O–H groups in total. The highest BCUT2D eigenvalue weighted by molar-refractivity contribution is 5.94. The summed E-state index contributed by atoms with van der Waals surface area (Å²) in [5.41, 5.74) is -0.655. The zero-order chi connectivity index (χ0) is 15.6. The van der Waals surface area contributed by atoms with Gasteiger partial charge in [0, 0.05) is 19.5 Å². The number of fused-ring (bicyclic) bond motifs is 1. The molecule has 21 heavy (non-hydrogen) atoms. The molecule has 2 unspecified atom stereocenters. The molecule has 1 aliphatic heterocycles. The maximum absolute atomic E-state index is 12.1. The minimum absolute atomic E-state index is 0.0335. The molecule has 0 spiro atoms. The van der Waals surface area contributed by atoms with Crippen LogP contribution in [0.15, 0.2) is 0 Å². The number of hydrogen-bond donors (Lipinski definition) is 2. The number of amides is 3. The molecule has 2 aliphatic rings. The molecule has 3 amide bonds.